The predicted octanol–water partition coefficient (Wildman–Crippen LogP) is 2.59. The molecule has 1 heterocycles. The maximum atomic E-state index is 12.9. The summed E-state index contributed by atoms with van der Waals surface area (Å²) in [5.41, 5.74) is 2.59. The number of rotatable bonds is 5. The second-order valence-electron chi connectivity index (χ2n) is 6.75. The monoisotopic (exact) mass is 331 g/mol. The summed E-state index contributed by atoms with van der Waals surface area (Å²) in [5, 5.41) is 9.20. The van der Waals surface area contributed by atoms with E-state index < -0.39 is 5.97 Å². The van der Waals surface area contributed by atoms with Crippen LogP contribution in [0.25, 0.3) is 0 Å². The number of hydrogen-bond donors (Lipinski definition) is 1. The standard InChI is InChI=1S/C19H25NO4/c21-18(20(13-19(22)23)16-8-10-24-11-9-16)12-15-6-3-5-14-4-1-2-7-17(14)15/h1-2,4,7,15-16H,3,5-6,8-13H2,(H,22,23)/t15-/m1/s1. The van der Waals surface area contributed by atoms with E-state index >= 15 is 0 Å². The molecule has 1 saturated heterocycles. The van der Waals surface area contributed by atoms with Gasteiger partial charge >= 0.3 is 5.97 Å². The molecular weight excluding hydrogens is 306 g/mol. The number of hydrogen-bond acceptors (Lipinski definition) is 3. The molecule has 5 heteroatoms. The Morgan fingerprint density at radius 2 is 1.92 bits per heavy atom. The number of carboxylic acid groups (broad SMARTS) is 1. The van der Waals surface area contributed by atoms with Crippen molar-refractivity contribution in [2.75, 3.05) is 19.8 Å². The number of benzene rings is 1. The van der Waals surface area contributed by atoms with E-state index in [1.54, 1.807) is 4.90 Å². The molecule has 1 aliphatic carbocycles. The SMILES string of the molecule is O=C(O)CN(C(=O)C[C@H]1CCCc2ccccc21)C1CCOCC1. The topological polar surface area (TPSA) is 66.8 Å². The van der Waals surface area contributed by atoms with Crippen molar-refractivity contribution in [2.45, 2.75) is 50.5 Å². The summed E-state index contributed by atoms with van der Waals surface area (Å²) in [6.07, 6.45) is 5.00. The lowest BCUT2D eigenvalue weighted by Gasteiger charge is -2.35. The van der Waals surface area contributed by atoms with E-state index in [1.807, 2.05) is 12.1 Å². The molecule has 1 fully saturated rings. The second kappa shape index (κ2) is 7.79. The van der Waals surface area contributed by atoms with Crippen LogP contribution in [0.4, 0.5) is 0 Å². The Labute approximate surface area is 142 Å². The van der Waals surface area contributed by atoms with E-state index in [0.717, 1.165) is 32.1 Å². The second-order valence-corrected chi connectivity index (χ2v) is 6.75. The number of carbonyl (C=O) groups is 2. The third-order valence-corrected chi connectivity index (χ3v) is 5.17. The molecule has 0 saturated carbocycles. The quantitative estimate of drug-likeness (QED) is 0.900. The predicted molar refractivity (Wildman–Crippen MR) is 89.9 cm³/mol. The fourth-order valence-electron chi connectivity index (χ4n) is 3.96. The van der Waals surface area contributed by atoms with E-state index in [4.69, 9.17) is 4.74 Å². The summed E-state index contributed by atoms with van der Waals surface area (Å²) in [6, 6.07) is 8.31. The van der Waals surface area contributed by atoms with Gasteiger partial charge in [0.2, 0.25) is 5.91 Å². The Bertz CT molecular complexity index is 595. The van der Waals surface area contributed by atoms with Crippen LogP contribution in [0.2, 0.25) is 0 Å². The van der Waals surface area contributed by atoms with Crippen molar-refractivity contribution >= 4 is 11.9 Å². The van der Waals surface area contributed by atoms with E-state index in [2.05, 4.69) is 12.1 Å². The lowest BCUT2D eigenvalue weighted by atomic mass is 9.81. The minimum atomic E-state index is -0.945. The van der Waals surface area contributed by atoms with Crippen LogP contribution in [0.1, 0.15) is 49.1 Å². The van der Waals surface area contributed by atoms with E-state index in [-0.39, 0.29) is 24.4 Å². The van der Waals surface area contributed by atoms with Crippen LogP contribution in [0.3, 0.4) is 0 Å². The smallest absolute Gasteiger partial charge is 0.323 e. The Morgan fingerprint density at radius 3 is 2.67 bits per heavy atom. The van der Waals surface area contributed by atoms with Crippen molar-refractivity contribution in [1.29, 1.82) is 0 Å². The molecule has 3 rings (SSSR count). The first-order valence-corrected chi connectivity index (χ1v) is 8.82. The highest BCUT2D eigenvalue weighted by Gasteiger charge is 2.30. The number of ether oxygens (including phenoxy) is 1. The van der Waals surface area contributed by atoms with E-state index in [0.29, 0.717) is 19.6 Å². The lowest BCUT2D eigenvalue weighted by Crippen LogP contribution is -2.46. The van der Waals surface area contributed by atoms with Gasteiger partial charge in [-0.05, 0) is 49.1 Å². The van der Waals surface area contributed by atoms with E-state index in [1.165, 1.54) is 11.1 Å². The Morgan fingerprint density at radius 1 is 1.17 bits per heavy atom. The van der Waals surface area contributed by atoms with Gasteiger partial charge in [0, 0.05) is 25.7 Å². The molecule has 0 bridgehead atoms. The van der Waals surface area contributed by atoms with Crippen molar-refractivity contribution in [1.82, 2.24) is 4.90 Å². The van der Waals surface area contributed by atoms with Gasteiger partial charge < -0.3 is 14.7 Å². The van der Waals surface area contributed by atoms with Crippen LogP contribution in [0, 0.1) is 0 Å². The first-order chi connectivity index (χ1) is 11.6. The summed E-state index contributed by atoms with van der Waals surface area (Å²) in [7, 11) is 0. The summed E-state index contributed by atoms with van der Waals surface area (Å²) in [4.78, 5) is 25.7. The van der Waals surface area contributed by atoms with Crippen molar-refractivity contribution in [3.63, 3.8) is 0 Å². The average molecular weight is 331 g/mol. The summed E-state index contributed by atoms with van der Waals surface area (Å²) in [6.45, 7) is 0.985. The van der Waals surface area contributed by atoms with E-state index in [9.17, 15) is 14.7 Å². The average Bonchev–Trinajstić information content (AvgIpc) is 2.60. The molecule has 1 N–H and O–H groups in total. The molecule has 2 aliphatic rings. The normalized spacial score (nSPS) is 21.1. The summed E-state index contributed by atoms with van der Waals surface area (Å²) >= 11 is 0. The summed E-state index contributed by atoms with van der Waals surface area (Å²) < 4.78 is 5.35. The fourth-order valence-corrected chi connectivity index (χ4v) is 3.96. The minimum Gasteiger partial charge on any atom is -0.480 e. The molecule has 5 nitrogen and oxygen atoms in total. The van der Waals surface area contributed by atoms with Gasteiger partial charge in [-0.15, -0.1) is 0 Å². The zero-order valence-electron chi connectivity index (χ0n) is 13.9. The molecule has 0 radical (unpaired) electrons. The Hall–Kier alpha value is -1.88. The van der Waals surface area contributed by atoms with Crippen molar-refractivity contribution < 1.29 is 19.4 Å². The molecule has 1 aromatic rings. The van der Waals surface area contributed by atoms with Gasteiger partial charge in [0.05, 0.1) is 0 Å². The Balaban J connectivity index is 1.72. The van der Waals surface area contributed by atoms with Crippen molar-refractivity contribution in [3.05, 3.63) is 35.4 Å². The number of fused-ring (bicyclic) bond motifs is 1. The van der Waals surface area contributed by atoms with Crippen LogP contribution in [0.5, 0.6) is 0 Å². The van der Waals surface area contributed by atoms with Crippen LogP contribution in [0.15, 0.2) is 24.3 Å². The number of amides is 1. The van der Waals surface area contributed by atoms with Gasteiger partial charge in [-0.3, -0.25) is 9.59 Å². The van der Waals surface area contributed by atoms with Gasteiger partial charge in [-0.25, -0.2) is 0 Å². The molecule has 1 atom stereocenters. The highest BCUT2D eigenvalue weighted by molar-refractivity contribution is 5.82. The zero-order valence-corrected chi connectivity index (χ0v) is 13.9. The third kappa shape index (κ3) is 3.96. The molecule has 24 heavy (non-hydrogen) atoms. The van der Waals surface area contributed by atoms with Crippen LogP contribution < -0.4 is 0 Å². The summed E-state index contributed by atoms with van der Waals surface area (Å²) in [5.74, 6) is -0.775. The molecule has 0 unspecified atom stereocenters. The Kier molecular flexibility index (Phi) is 5.51. The molecule has 0 aromatic heterocycles. The van der Waals surface area contributed by atoms with Gasteiger partial charge in [-0.1, -0.05) is 24.3 Å². The number of aryl methyl sites for hydroxylation is 1. The number of aliphatic carboxylic acids is 1. The highest BCUT2D eigenvalue weighted by Crippen LogP contribution is 2.34. The molecule has 0 spiro atoms. The number of carboxylic acids is 1. The maximum absolute atomic E-state index is 12.9. The van der Waals surface area contributed by atoms with Crippen molar-refractivity contribution in [2.24, 2.45) is 0 Å². The molecule has 130 valence electrons. The zero-order chi connectivity index (χ0) is 16.9. The molecule has 1 amide bonds. The number of nitrogens with zero attached hydrogens (tertiary/aromatic N) is 1. The third-order valence-electron chi connectivity index (χ3n) is 5.17. The number of carbonyl (C=O) groups excluding carboxylic acids is 1. The van der Waals surface area contributed by atoms with Gasteiger partial charge in [0.15, 0.2) is 0 Å². The largest absolute Gasteiger partial charge is 0.480 e. The minimum absolute atomic E-state index is 0.0128. The van der Waals surface area contributed by atoms with Crippen molar-refractivity contribution in [3.8, 4) is 0 Å². The first kappa shape index (κ1) is 17.0. The van der Waals surface area contributed by atoms with Gasteiger partial charge in [0.1, 0.15) is 6.54 Å². The van der Waals surface area contributed by atoms with Gasteiger partial charge in [0.25, 0.3) is 0 Å². The fraction of sp³-hybridized carbons (Fsp3) is 0.579. The highest BCUT2D eigenvalue weighted by atomic mass is 16.5. The first-order valence-electron chi connectivity index (χ1n) is 8.82. The molecule has 1 aliphatic heterocycles. The molecule has 1 aromatic carbocycles. The maximum Gasteiger partial charge on any atom is 0.323 e. The molecular formula is C19H25NO4. The van der Waals surface area contributed by atoms with Gasteiger partial charge in [-0.2, -0.15) is 0 Å². The van der Waals surface area contributed by atoms with Crippen LogP contribution in [-0.2, 0) is 20.7 Å². The lowest BCUT2D eigenvalue weighted by molar-refractivity contribution is -0.148. The van der Waals surface area contributed by atoms with Crippen LogP contribution in [-0.4, -0.2) is 47.7 Å². The van der Waals surface area contributed by atoms with Crippen LogP contribution >= 0.6 is 0 Å².